The van der Waals surface area contributed by atoms with E-state index < -0.39 is 5.82 Å². The smallest absolute Gasteiger partial charge is 0.219 e. The number of anilines is 1. The highest BCUT2D eigenvalue weighted by atomic mass is 19.1. The summed E-state index contributed by atoms with van der Waals surface area (Å²) in [6.07, 6.45) is 1.35. The predicted octanol–water partition coefficient (Wildman–Crippen LogP) is 2.47. The van der Waals surface area contributed by atoms with Crippen LogP contribution in [0.5, 0.6) is 11.6 Å². The summed E-state index contributed by atoms with van der Waals surface area (Å²) in [6, 6.07) is 9.08. The highest BCUT2D eigenvalue weighted by molar-refractivity contribution is 5.43. The van der Waals surface area contributed by atoms with Crippen LogP contribution in [0, 0.1) is 17.1 Å². The van der Waals surface area contributed by atoms with Crippen molar-refractivity contribution in [3.63, 3.8) is 0 Å². The molecule has 0 saturated heterocycles. The summed E-state index contributed by atoms with van der Waals surface area (Å²) >= 11 is 0. The molecule has 0 spiro atoms. The lowest BCUT2D eigenvalue weighted by atomic mass is 10.3. The van der Waals surface area contributed by atoms with Crippen LogP contribution in [0.25, 0.3) is 0 Å². The van der Waals surface area contributed by atoms with Crippen LogP contribution in [0.1, 0.15) is 5.56 Å². The van der Waals surface area contributed by atoms with Gasteiger partial charge in [-0.3, -0.25) is 0 Å². The molecule has 0 saturated carbocycles. The van der Waals surface area contributed by atoms with Crippen molar-refractivity contribution >= 4 is 5.69 Å². The maximum absolute atomic E-state index is 13.4. The molecule has 0 atom stereocenters. The third kappa shape index (κ3) is 2.49. The molecule has 2 N–H and O–H groups in total. The Balaban J connectivity index is 2.23. The average molecular weight is 229 g/mol. The highest BCUT2D eigenvalue weighted by Gasteiger charge is 2.05. The van der Waals surface area contributed by atoms with Gasteiger partial charge in [-0.25, -0.2) is 9.37 Å². The lowest BCUT2D eigenvalue weighted by molar-refractivity contribution is 0.427. The number of nitrogens with zero attached hydrogens (tertiary/aromatic N) is 2. The number of hydrogen-bond acceptors (Lipinski definition) is 4. The third-order valence-corrected chi connectivity index (χ3v) is 2.04. The molecule has 1 heterocycles. The van der Waals surface area contributed by atoms with Crippen molar-refractivity contribution in [1.29, 1.82) is 5.26 Å². The Bertz CT molecular complexity index is 575. The van der Waals surface area contributed by atoms with Crippen molar-refractivity contribution in [2.75, 3.05) is 5.73 Å². The van der Waals surface area contributed by atoms with E-state index in [1.807, 2.05) is 6.07 Å². The molecule has 0 unspecified atom stereocenters. The number of nitrogen functional groups attached to an aromatic ring is 1. The first kappa shape index (κ1) is 10.9. The van der Waals surface area contributed by atoms with Gasteiger partial charge in [0.15, 0.2) is 11.6 Å². The van der Waals surface area contributed by atoms with Gasteiger partial charge in [0, 0.05) is 24.0 Å². The first-order valence-corrected chi connectivity index (χ1v) is 4.78. The van der Waals surface area contributed by atoms with E-state index in [1.54, 1.807) is 0 Å². The van der Waals surface area contributed by atoms with E-state index >= 15 is 0 Å². The first-order chi connectivity index (χ1) is 8.19. The molecular weight excluding hydrogens is 221 g/mol. The van der Waals surface area contributed by atoms with Crippen molar-refractivity contribution in [1.82, 2.24) is 4.98 Å². The Morgan fingerprint density at radius 3 is 2.71 bits per heavy atom. The highest BCUT2D eigenvalue weighted by Crippen LogP contribution is 2.24. The maximum Gasteiger partial charge on any atom is 0.219 e. The second kappa shape index (κ2) is 4.49. The van der Waals surface area contributed by atoms with E-state index in [2.05, 4.69) is 4.98 Å². The predicted molar refractivity (Wildman–Crippen MR) is 59.8 cm³/mol. The summed E-state index contributed by atoms with van der Waals surface area (Å²) < 4.78 is 18.6. The Morgan fingerprint density at radius 2 is 2.12 bits per heavy atom. The van der Waals surface area contributed by atoms with Crippen molar-refractivity contribution in [3.8, 4) is 17.7 Å². The molecule has 0 radical (unpaired) electrons. The molecule has 1 aromatic heterocycles. The van der Waals surface area contributed by atoms with Gasteiger partial charge in [-0.15, -0.1) is 0 Å². The molecular formula is C12H8FN3O. The normalized spacial score (nSPS) is 9.65. The van der Waals surface area contributed by atoms with Crippen LogP contribution in [0.3, 0.4) is 0 Å². The number of pyridine rings is 1. The minimum Gasteiger partial charge on any atom is -0.436 e. The quantitative estimate of drug-likeness (QED) is 0.803. The molecule has 0 bridgehead atoms. The lowest BCUT2D eigenvalue weighted by Gasteiger charge is -2.05. The van der Waals surface area contributed by atoms with E-state index in [9.17, 15) is 4.39 Å². The lowest BCUT2D eigenvalue weighted by Crippen LogP contribution is -1.93. The third-order valence-electron chi connectivity index (χ3n) is 2.04. The van der Waals surface area contributed by atoms with Gasteiger partial charge in [0.2, 0.25) is 5.88 Å². The van der Waals surface area contributed by atoms with Gasteiger partial charge in [0.25, 0.3) is 0 Å². The molecule has 0 amide bonds. The van der Waals surface area contributed by atoms with Gasteiger partial charge in [-0.2, -0.15) is 5.26 Å². The van der Waals surface area contributed by atoms with Crippen LogP contribution < -0.4 is 10.5 Å². The van der Waals surface area contributed by atoms with Gasteiger partial charge in [-0.1, -0.05) is 0 Å². The number of nitrogens with two attached hydrogens (primary N) is 1. The Hall–Kier alpha value is -2.61. The van der Waals surface area contributed by atoms with Gasteiger partial charge in [0.05, 0.1) is 5.56 Å². The molecule has 2 aromatic rings. The fourth-order valence-electron chi connectivity index (χ4n) is 1.22. The largest absolute Gasteiger partial charge is 0.436 e. The molecule has 0 aliphatic heterocycles. The van der Waals surface area contributed by atoms with Gasteiger partial charge < -0.3 is 10.5 Å². The minimum absolute atomic E-state index is 0.0383. The van der Waals surface area contributed by atoms with E-state index in [4.69, 9.17) is 15.7 Å². The molecule has 4 nitrogen and oxygen atoms in total. The zero-order valence-corrected chi connectivity index (χ0v) is 8.72. The maximum atomic E-state index is 13.4. The van der Waals surface area contributed by atoms with Crippen molar-refractivity contribution in [2.45, 2.75) is 0 Å². The van der Waals surface area contributed by atoms with Gasteiger partial charge >= 0.3 is 0 Å². The van der Waals surface area contributed by atoms with Crippen LogP contribution in [0.2, 0.25) is 0 Å². The van der Waals surface area contributed by atoms with Gasteiger partial charge in [-0.05, 0) is 18.2 Å². The summed E-state index contributed by atoms with van der Waals surface area (Å²) in [7, 11) is 0. The number of benzene rings is 1. The molecule has 0 aliphatic carbocycles. The molecule has 17 heavy (non-hydrogen) atoms. The number of halogens is 1. The average Bonchev–Trinajstić information content (AvgIpc) is 2.34. The second-order valence-corrected chi connectivity index (χ2v) is 3.29. The number of rotatable bonds is 2. The standard InChI is InChI=1S/C12H8FN3O/c13-10-5-9(15)2-3-11(10)17-12-4-1-8(6-14)7-16-12/h1-5,7H,15H2. The molecule has 5 heteroatoms. The number of nitriles is 1. The summed E-state index contributed by atoms with van der Waals surface area (Å²) in [5.74, 6) is -0.305. The number of aromatic nitrogens is 1. The van der Waals surface area contributed by atoms with E-state index in [0.717, 1.165) is 0 Å². The van der Waals surface area contributed by atoms with Crippen LogP contribution >= 0.6 is 0 Å². The molecule has 1 aromatic carbocycles. The molecule has 0 fully saturated rings. The minimum atomic E-state index is -0.559. The van der Waals surface area contributed by atoms with E-state index in [0.29, 0.717) is 11.3 Å². The topological polar surface area (TPSA) is 71.9 Å². The molecule has 84 valence electrons. The number of hydrogen-bond donors (Lipinski definition) is 1. The summed E-state index contributed by atoms with van der Waals surface area (Å²) in [4.78, 5) is 3.87. The molecule has 2 rings (SSSR count). The summed E-state index contributed by atoms with van der Waals surface area (Å²) in [5.41, 5.74) is 6.15. The fourth-order valence-corrected chi connectivity index (χ4v) is 1.22. The molecule has 0 aliphatic rings. The van der Waals surface area contributed by atoms with Crippen LogP contribution in [-0.2, 0) is 0 Å². The Morgan fingerprint density at radius 1 is 1.29 bits per heavy atom. The van der Waals surface area contributed by atoms with Crippen molar-refractivity contribution in [2.24, 2.45) is 0 Å². The summed E-state index contributed by atoms with van der Waals surface area (Å²) in [5, 5.41) is 8.59. The van der Waals surface area contributed by atoms with E-state index in [-0.39, 0.29) is 11.6 Å². The van der Waals surface area contributed by atoms with E-state index in [1.165, 1.54) is 36.5 Å². The second-order valence-electron chi connectivity index (χ2n) is 3.29. The van der Waals surface area contributed by atoms with Gasteiger partial charge in [0.1, 0.15) is 6.07 Å². The zero-order valence-electron chi connectivity index (χ0n) is 8.72. The Labute approximate surface area is 97.1 Å². The number of ether oxygens (including phenoxy) is 1. The Kier molecular flexibility index (Phi) is 2.88. The van der Waals surface area contributed by atoms with Crippen LogP contribution in [0.4, 0.5) is 10.1 Å². The van der Waals surface area contributed by atoms with Crippen LogP contribution in [-0.4, -0.2) is 4.98 Å². The SMILES string of the molecule is N#Cc1ccc(Oc2ccc(N)cc2F)nc1. The summed E-state index contributed by atoms with van der Waals surface area (Å²) in [6.45, 7) is 0. The first-order valence-electron chi connectivity index (χ1n) is 4.78. The fraction of sp³-hybridized carbons (Fsp3) is 0. The monoisotopic (exact) mass is 229 g/mol. The van der Waals surface area contributed by atoms with Crippen molar-refractivity contribution in [3.05, 3.63) is 47.9 Å². The van der Waals surface area contributed by atoms with Crippen molar-refractivity contribution < 1.29 is 9.13 Å². The van der Waals surface area contributed by atoms with Crippen LogP contribution in [0.15, 0.2) is 36.5 Å². The zero-order chi connectivity index (χ0) is 12.3.